The van der Waals surface area contributed by atoms with Gasteiger partial charge in [0.15, 0.2) is 0 Å². The summed E-state index contributed by atoms with van der Waals surface area (Å²) >= 11 is 0. The van der Waals surface area contributed by atoms with Gasteiger partial charge in [-0.15, -0.1) is 0 Å². The predicted molar refractivity (Wildman–Crippen MR) is 85.6 cm³/mol. The molecule has 1 aliphatic carbocycles. The van der Waals surface area contributed by atoms with Gasteiger partial charge < -0.3 is 0 Å². The minimum absolute atomic E-state index is 0.0453. The van der Waals surface area contributed by atoms with E-state index >= 15 is 0 Å². The van der Waals surface area contributed by atoms with Gasteiger partial charge in [-0.1, -0.05) is 50.2 Å². The molecule has 0 aliphatic heterocycles. The first-order chi connectivity index (χ1) is 9.99. The molecule has 0 amide bonds. The van der Waals surface area contributed by atoms with E-state index in [0.29, 0.717) is 16.7 Å². The van der Waals surface area contributed by atoms with E-state index in [1.54, 1.807) is 12.1 Å². The summed E-state index contributed by atoms with van der Waals surface area (Å²) in [7, 11) is -3.48. The molecule has 21 heavy (non-hydrogen) atoms. The Kier molecular flexibility index (Phi) is 3.76. The number of hydrogen-bond acceptors (Lipinski definition) is 2. The van der Waals surface area contributed by atoms with Gasteiger partial charge in [0.25, 0.3) is 0 Å². The van der Waals surface area contributed by atoms with Crippen molar-refractivity contribution in [3.05, 3.63) is 42.5 Å². The average Bonchev–Trinajstić information content (AvgIpc) is 2.78. The second kappa shape index (κ2) is 5.43. The van der Waals surface area contributed by atoms with Crippen molar-refractivity contribution in [2.45, 2.75) is 37.6 Å². The highest BCUT2D eigenvalue weighted by Crippen LogP contribution is 2.32. The standard InChI is InChI=1S/C17H21NO2S/c1-12-10-11-16(13(12)2)18-21(19,20)17-9-5-7-14-6-3-4-8-15(14)17/h3-9,12-13,16,18H,10-11H2,1-2H3. The van der Waals surface area contributed by atoms with Crippen LogP contribution in [0.4, 0.5) is 0 Å². The van der Waals surface area contributed by atoms with Crippen LogP contribution in [0.2, 0.25) is 0 Å². The van der Waals surface area contributed by atoms with Gasteiger partial charge in [-0.25, -0.2) is 13.1 Å². The summed E-state index contributed by atoms with van der Waals surface area (Å²) in [6, 6.07) is 13.1. The molecule has 0 bridgehead atoms. The van der Waals surface area contributed by atoms with Crippen LogP contribution < -0.4 is 4.72 Å². The van der Waals surface area contributed by atoms with Crippen molar-refractivity contribution < 1.29 is 8.42 Å². The van der Waals surface area contributed by atoms with E-state index in [4.69, 9.17) is 0 Å². The van der Waals surface area contributed by atoms with E-state index in [9.17, 15) is 8.42 Å². The van der Waals surface area contributed by atoms with E-state index in [1.165, 1.54) is 0 Å². The molecule has 0 radical (unpaired) electrons. The van der Waals surface area contributed by atoms with Gasteiger partial charge in [0.1, 0.15) is 0 Å². The summed E-state index contributed by atoms with van der Waals surface area (Å²) in [6.45, 7) is 4.32. The average molecular weight is 303 g/mol. The second-order valence-corrected chi connectivity index (χ2v) is 7.80. The largest absolute Gasteiger partial charge is 0.241 e. The molecule has 3 rings (SSSR count). The van der Waals surface area contributed by atoms with Gasteiger partial charge in [-0.05, 0) is 36.1 Å². The van der Waals surface area contributed by atoms with E-state index in [2.05, 4.69) is 18.6 Å². The van der Waals surface area contributed by atoms with E-state index in [1.807, 2.05) is 30.3 Å². The topological polar surface area (TPSA) is 46.2 Å². The second-order valence-electron chi connectivity index (χ2n) is 6.12. The van der Waals surface area contributed by atoms with Crippen LogP contribution in [0.5, 0.6) is 0 Å². The molecule has 1 fully saturated rings. The van der Waals surface area contributed by atoms with Crippen molar-refractivity contribution in [1.82, 2.24) is 4.72 Å². The fraction of sp³-hybridized carbons (Fsp3) is 0.412. The molecule has 3 unspecified atom stereocenters. The van der Waals surface area contributed by atoms with Crippen molar-refractivity contribution in [1.29, 1.82) is 0 Å². The third kappa shape index (κ3) is 2.70. The van der Waals surface area contributed by atoms with Gasteiger partial charge in [-0.3, -0.25) is 0 Å². The van der Waals surface area contributed by atoms with Crippen molar-refractivity contribution in [3.63, 3.8) is 0 Å². The van der Waals surface area contributed by atoms with Crippen molar-refractivity contribution in [2.24, 2.45) is 11.8 Å². The van der Waals surface area contributed by atoms with Crippen LogP contribution in [-0.4, -0.2) is 14.5 Å². The lowest BCUT2D eigenvalue weighted by molar-refractivity contribution is 0.402. The molecule has 2 aromatic carbocycles. The van der Waals surface area contributed by atoms with Gasteiger partial charge in [-0.2, -0.15) is 0 Å². The Bertz CT molecular complexity index is 749. The number of sulfonamides is 1. The molecule has 0 aromatic heterocycles. The van der Waals surface area contributed by atoms with Crippen LogP contribution in [0.25, 0.3) is 10.8 Å². The smallest absolute Gasteiger partial charge is 0.208 e. The van der Waals surface area contributed by atoms with Crippen LogP contribution in [0.1, 0.15) is 26.7 Å². The summed E-state index contributed by atoms with van der Waals surface area (Å²) in [6.07, 6.45) is 2.01. The highest BCUT2D eigenvalue weighted by atomic mass is 32.2. The van der Waals surface area contributed by atoms with Crippen molar-refractivity contribution in [2.75, 3.05) is 0 Å². The maximum atomic E-state index is 12.7. The molecule has 0 spiro atoms. The number of fused-ring (bicyclic) bond motifs is 1. The van der Waals surface area contributed by atoms with Crippen LogP contribution in [0.3, 0.4) is 0 Å². The molecule has 112 valence electrons. The Labute approximate surface area is 126 Å². The summed E-state index contributed by atoms with van der Waals surface area (Å²) < 4.78 is 28.4. The summed E-state index contributed by atoms with van der Waals surface area (Å²) in [5.74, 6) is 0.958. The molecule has 4 heteroatoms. The molecule has 0 heterocycles. The van der Waals surface area contributed by atoms with E-state index < -0.39 is 10.0 Å². The quantitative estimate of drug-likeness (QED) is 0.942. The Balaban J connectivity index is 1.97. The number of benzene rings is 2. The van der Waals surface area contributed by atoms with Crippen LogP contribution in [0, 0.1) is 11.8 Å². The lowest BCUT2D eigenvalue weighted by atomic mass is 9.98. The monoisotopic (exact) mass is 303 g/mol. The fourth-order valence-corrected chi connectivity index (χ4v) is 4.82. The molecule has 1 aliphatic rings. The Morgan fingerprint density at radius 3 is 2.43 bits per heavy atom. The van der Waals surface area contributed by atoms with Crippen molar-refractivity contribution >= 4 is 20.8 Å². The van der Waals surface area contributed by atoms with Crippen LogP contribution in [0.15, 0.2) is 47.4 Å². The van der Waals surface area contributed by atoms with Gasteiger partial charge in [0.05, 0.1) is 4.90 Å². The zero-order valence-corrected chi connectivity index (χ0v) is 13.2. The molecule has 0 saturated heterocycles. The maximum Gasteiger partial charge on any atom is 0.241 e. The number of hydrogen-bond donors (Lipinski definition) is 1. The third-order valence-corrected chi connectivity index (χ3v) is 6.36. The Hall–Kier alpha value is -1.39. The number of nitrogens with one attached hydrogen (secondary N) is 1. The minimum atomic E-state index is -3.48. The van der Waals surface area contributed by atoms with Crippen LogP contribution >= 0.6 is 0 Å². The van der Waals surface area contributed by atoms with Gasteiger partial charge >= 0.3 is 0 Å². The molecule has 1 saturated carbocycles. The molecular weight excluding hydrogens is 282 g/mol. The van der Waals surface area contributed by atoms with Crippen molar-refractivity contribution in [3.8, 4) is 0 Å². The highest BCUT2D eigenvalue weighted by Gasteiger charge is 2.33. The lowest BCUT2D eigenvalue weighted by Crippen LogP contribution is -2.37. The van der Waals surface area contributed by atoms with E-state index in [-0.39, 0.29) is 6.04 Å². The molecular formula is C17H21NO2S. The number of rotatable bonds is 3. The maximum absolute atomic E-state index is 12.7. The van der Waals surface area contributed by atoms with Gasteiger partial charge in [0, 0.05) is 11.4 Å². The zero-order chi connectivity index (χ0) is 15.0. The fourth-order valence-electron chi connectivity index (χ4n) is 3.22. The lowest BCUT2D eigenvalue weighted by Gasteiger charge is -2.20. The Morgan fingerprint density at radius 2 is 1.71 bits per heavy atom. The SMILES string of the molecule is CC1CCC(NS(=O)(=O)c2cccc3ccccc23)C1C. The molecule has 3 atom stereocenters. The van der Waals surface area contributed by atoms with Crippen LogP contribution in [-0.2, 0) is 10.0 Å². The normalized spacial score (nSPS) is 26.3. The molecule has 3 nitrogen and oxygen atoms in total. The first kappa shape index (κ1) is 14.5. The molecule has 2 aromatic rings. The molecule has 1 N–H and O–H groups in total. The summed E-state index contributed by atoms with van der Waals surface area (Å²) in [4.78, 5) is 0.382. The van der Waals surface area contributed by atoms with Gasteiger partial charge in [0.2, 0.25) is 10.0 Å². The summed E-state index contributed by atoms with van der Waals surface area (Å²) in [5.41, 5.74) is 0. The first-order valence-corrected chi connectivity index (χ1v) is 8.97. The first-order valence-electron chi connectivity index (χ1n) is 7.49. The Morgan fingerprint density at radius 1 is 1.00 bits per heavy atom. The zero-order valence-electron chi connectivity index (χ0n) is 12.4. The minimum Gasteiger partial charge on any atom is -0.208 e. The predicted octanol–water partition coefficient (Wildman–Crippen LogP) is 3.55. The third-order valence-electron chi connectivity index (χ3n) is 4.81. The summed E-state index contributed by atoms with van der Waals surface area (Å²) in [5, 5.41) is 1.74. The van der Waals surface area contributed by atoms with E-state index in [0.717, 1.165) is 23.6 Å². The highest BCUT2D eigenvalue weighted by molar-refractivity contribution is 7.89.